The molecule has 0 fully saturated rings. The fourth-order valence-electron chi connectivity index (χ4n) is 0.419. The zero-order chi connectivity index (χ0) is 5.98. The largest absolute Gasteiger partial charge is 0.618 e. The molecule has 0 bridgehead atoms. The number of hydrogen-bond acceptors (Lipinski definition) is 2. The van der Waals surface area contributed by atoms with Gasteiger partial charge in [-0.3, -0.25) is 0 Å². The Morgan fingerprint density at radius 1 is 1.44 bits per heavy atom. The van der Waals surface area contributed by atoms with E-state index in [4.69, 9.17) is 0 Å². The smallest absolute Gasteiger partial charge is 0.248 e. The summed E-state index contributed by atoms with van der Waals surface area (Å²) in [4.78, 5) is 0. The van der Waals surface area contributed by atoms with Crippen molar-refractivity contribution in [3.05, 3.63) is 29.6 Å². The maximum Gasteiger partial charge on any atom is 0.248 e. The van der Waals surface area contributed by atoms with Crippen molar-refractivity contribution in [2.75, 3.05) is 0 Å². The minimum Gasteiger partial charge on any atom is -0.618 e. The fraction of sp³-hybridized carbons (Fsp3) is 0. The molecule has 0 aliphatic carbocycles. The summed E-state index contributed by atoms with van der Waals surface area (Å²) in [6, 6.07) is 5.06. The zero-order valence-corrected chi connectivity index (χ0v) is 7.47. The van der Waals surface area contributed by atoms with E-state index in [0.29, 0.717) is 9.76 Å². The molecule has 2 nitrogen and oxygen atoms in total. The molecule has 4 heteroatoms. The molecule has 0 saturated carbocycles. The SMILES string of the molecule is [Au].[O-][n+]1ccccc1S. The molecular weight excluding hydrogens is 319 g/mol. The third-order valence-corrected chi connectivity index (χ3v) is 1.15. The number of rotatable bonds is 0. The van der Waals surface area contributed by atoms with E-state index in [-0.39, 0.29) is 22.4 Å². The normalized spacial score (nSPS) is 8.11. The van der Waals surface area contributed by atoms with Gasteiger partial charge in [-0.2, -0.15) is 4.73 Å². The Morgan fingerprint density at radius 2 is 2.11 bits per heavy atom. The molecule has 0 aliphatic rings. The minimum atomic E-state index is 0. The third-order valence-electron chi connectivity index (χ3n) is 0.804. The van der Waals surface area contributed by atoms with Gasteiger partial charge in [-0.25, -0.2) is 0 Å². The van der Waals surface area contributed by atoms with E-state index in [1.165, 1.54) is 6.20 Å². The van der Waals surface area contributed by atoms with Crippen molar-refractivity contribution in [3.8, 4) is 0 Å². The molecule has 9 heavy (non-hydrogen) atoms. The van der Waals surface area contributed by atoms with Crippen LogP contribution in [0.4, 0.5) is 0 Å². The van der Waals surface area contributed by atoms with Crippen molar-refractivity contribution in [1.82, 2.24) is 0 Å². The maximum atomic E-state index is 10.5. The van der Waals surface area contributed by atoms with E-state index in [1.54, 1.807) is 18.2 Å². The van der Waals surface area contributed by atoms with Crippen LogP contribution in [0.25, 0.3) is 0 Å². The maximum absolute atomic E-state index is 10.5. The summed E-state index contributed by atoms with van der Waals surface area (Å²) >= 11 is 3.85. The average molecular weight is 324 g/mol. The first-order valence-corrected chi connectivity index (χ1v) is 2.62. The van der Waals surface area contributed by atoms with Crippen LogP contribution in [0.1, 0.15) is 0 Å². The molecule has 0 aliphatic heterocycles. The molecule has 0 spiro atoms. The average Bonchev–Trinajstić information content (AvgIpc) is 1.77. The molecule has 0 aromatic carbocycles. The van der Waals surface area contributed by atoms with Gasteiger partial charge in [0, 0.05) is 34.5 Å². The summed E-state index contributed by atoms with van der Waals surface area (Å²) in [5, 5.41) is 10.9. The Kier molecular flexibility index (Phi) is 3.97. The second-order valence-corrected chi connectivity index (χ2v) is 1.84. The van der Waals surface area contributed by atoms with Crippen LogP contribution in [-0.2, 0) is 22.4 Å². The van der Waals surface area contributed by atoms with Crippen LogP contribution in [0.3, 0.4) is 0 Å². The molecule has 0 amide bonds. The van der Waals surface area contributed by atoms with Crippen molar-refractivity contribution in [1.29, 1.82) is 0 Å². The predicted molar refractivity (Wildman–Crippen MR) is 32.7 cm³/mol. The van der Waals surface area contributed by atoms with Crippen molar-refractivity contribution in [2.45, 2.75) is 5.03 Å². The Labute approximate surface area is 74.4 Å². The molecule has 1 aromatic rings. The van der Waals surface area contributed by atoms with E-state index >= 15 is 0 Å². The number of thiol groups is 1. The van der Waals surface area contributed by atoms with Crippen LogP contribution in [0.2, 0.25) is 0 Å². The Bertz CT molecular complexity index is 173. The number of hydrogen-bond donors (Lipinski definition) is 1. The van der Waals surface area contributed by atoms with Gasteiger partial charge in [-0.05, 0) is 6.07 Å². The van der Waals surface area contributed by atoms with Gasteiger partial charge in [0.2, 0.25) is 5.03 Å². The van der Waals surface area contributed by atoms with Crippen LogP contribution in [0.5, 0.6) is 0 Å². The number of nitrogens with zero attached hydrogens (tertiary/aromatic N) is 1. The first kappa shape index (κ1) is 9.04. The molecule has 0 saturated heterocycles. The van der Waals surface area contributed by atoms with E-state index in [2.05, 4.69) is 12.6 Å². The van der Waals surface area contributed by atoms with Crippen molar-refractivity contribution < 1.29 is 27.1 Å². The van der Waals surface area contributed by atoms with Gasteiger partial charge in [0.25, 0.3) is 0 Å². The molecule has 0 unspecified atom stereocenters. The van der Waals surface area contributed by atoms with Gasteiger partial charge >= 0.3 is 0 Å². The van der Waals surface area contributed by atoms with Gasteiger partial charge in [0.1, 0.15) is 0 Å². The second-order valence-electron chi connectivity index (χ2n) is 1.38. The first-order valence-electron chi connectivity index (χ1n) is 2.18. The van der Waals surface area contributed by atoms with Crippen LogP contribution in [0, 0.1) is 5.21 Å². The summed E-state index contributed by atoms with van der Waals surface area (Å²) in [6.07, 6.45) is 1.41. The molecule has 53 valence electrons. The van der Waals surface area contributed by atoms with Crippen LogP contribution >= 0.6 is 12.6 Å². The van der Waals surface area contributed by atoms with Gasteiger partial charge in [0.15, 0.2) is 6.20 Å². The molecule has 1 aromatic heterocycles. The first-order chi connectivity index (χ1) is 3.80. The van der Waals surface area contributed by atoms with E-state index in [0.717, 1.165) is 0 Å². The van der Waals surface area contributed by atoms with Crippen LogP contribution < -0.4 is 4.73 Å². The third kappa shape index (κ3) is 2.41. The quantitative estimate of drug-likeness (QED) is 0.322. The van der Waals surface area contributed by atoms with Crippen molar-refractivity contribution in [2.24, 2.45) is 0 Å². The molecule has 1 rings (SSSR count). The molecular formula is C5H5AuNOS. The summed E-state index contributed by atoms with van der Waals surface area (Å²) < 4.78 is 0.698. The van der Waals surface area contributed by atoms with Crippen molar-refractivity contribution in [3.63, 3.8) is 0 Å². The monoisotopic (exact) mass is 324 g/mol. The Morgan fingerprint density at radius 3 is 2.44 bits per heavy atom. The minimum absolute atomic E-state index is 0. The summed E-state index contributed by atoms with van der Waals surface area (Å²) in [5.41, 5.74) is 0. The number of pyridine rings is 1. The van der Waals surface area contributed by atoms with Crippen LogP contribution in [0.15, 0.2) is 29.4 Å². The second kappa shape index (κ2) is 3.95. The molecule has 1 heterocycles. The topological polar surface area (TPSA) is 26.9 Å². The number of aromatic nitrogens is 1. The summed E-state index contributed by atoms with van der Waals surface area (Å²) in [6.45, 7) is 0. The van der Waals surface area contributed by atoms with E-state index < -0.39 is 0 Å². The van der Waals surface area contributed by atoms with Gasteiger partial charge in [0.05, 0.1) is 0 Å². The zero-order valence-electron chi connectivity index (χ0n) is 4.41. The predicted octanol–water partition coefficient (Wildman–Crippen LogP) is 0.606. The van der Waals surface area contributed by atoms with E-state index in [1.807, 2.05) is 0 Å². The molecule has 1 radical (unpaired) electrons. The summed E-state index contributed by atoms with van der Waals surface area (Å²) in [7, 11) is 0. The Balaban J connectivity index is 0.000000640. The standard InChI is InChI=1S/C5H5NOS.Au/c7-6-4-2-1-3-5(6)8;/h1-4,8H;. The van der Waals surface area contributed by atoms with Gasteiger partial charge < -0.3 is 5.21 Å². The molecule has 0 atom stereocenters. The van der Waals surface area contributed by atoms with Crippen molar-refractivity contribution >= 4 is 12.6 Å². The Hall–Kier alpha value is 0.0403. The summed E-state index contributed by atoms with van der Waals surface area (Å²) in [5.74, 6) is 0. The van der Waals surface area contributed by atoms with E-state index in [9.17, 15) is 5.21 Å². The van der Waals surface area contributed by atoms with Gasteiger partial charge in [-0.15, -0.1) is 0 Å². The van der Waals surface area contributed by atoms with Crippen LogP contribution in [-0.4, -0.2) is 0 Å². The van der Waals surface area contributed by atoms with Gasteiger partial charge in [-0.1, -0.05) is 12.6 Å². The fourth-order valence-corrected chi connectivity index (χ4v) is 0.572. The molecule has 0 N–H and O–H groups in total.